The van der Waals surface area contributed by atoms with E-state index in [4.69, 9.17) is 0 Å². The zero-order chi connectivity index (χ0) is 32.3. The Bertz CT molecular complexity index is 1410. The van der Waals surface area contributed by atoms with Gasteiger partial charge >= 0.3 is 0 Å². The number of fused-ring (bicyclic) bond motifs is 5. The molecule has 0 spiro atoms. The van der Waals surface area contributed by atoms with Crippen molar-refractivity contribution in [1.29, 1.82) is 0 Å². The second-order valence-electron chi connectivity index (χ2n) is 16.0. The fourth-order valence-corrected chi connectivity index (χ4v) is 10.4. The van der Waals surface area contributed by atoms with E-state index in [2.05, 4.69) is 55.6 Å². The van der Waals surface area contributed by atoms with Gasteiger partial charge in [0, 0.05) is 33.5 Å². The summed E-state index contributed by atoms with van der Waals surface area (Å²) in [7, 11) is 0. The quantitative estimate of drug-likeness (QED) is 0.241. The van der Waals surface area contributed by atoms with Crippen LogP contribution in [0.4, 0.5) is 0 Å². The minimum atomic E-state index is -0.0766. The van der Waals surface area contributed by atoms with Crippen molar-refractivity contribution in [3.63, 3.8) is 0 Å². The van der Waals surface area contributed by atoms with Gasteiger partial charge in [-0.3, -0.25) is 9.97 Å². The van der Waals surface area contributed by atoms with E-state index in [1.807, 2.05) is 54.6 Å². The van der Waals surface area contributed by atoms with Gasteiger partial charge in [0.2, 0.25) is 0 Å². The molecule has 3 saturated carbocycles. The molecule has 0 aliphatic heterocycles. The summed E-state index contributed by atoms with van der Waals surface area (Å²) in [5.74, 6) is 5.46. The van der Waals surface area contributed by atoms with Gasteiger partial charge in [-0.05, 0) is 134 Å². The molecule has 3 unspecified atom stereocenters. The van der Waals surface area contributed by atoms with E-state index in [0.29, 0.717) is 10.8 Å². The van der Waals surface area contributed by atoms with Crippen LogP contribution in [0.15, 0.2) is 78.6 Å². The predicted molar refractivity (Wildman–Crippen MR) is 190 cm³/mol. The smallest absolute Gasteiger partial charge is 0.0894 e. The summed E-state index contributed by atoms with van der Waals surface area (Å²) >= 11 is 0. The average molecular weight is 815 g/mol. The number of aromatic nitrogens is 3. The van der Waals surface area contributed by atoms with E-state index in [0.717, 1.165) is 71.1 Å². The van der Waals surface area contributed by atoms with Crippen molar-refractivity contribution in [2.45, 2.75) is 111 Å². The van der Waals surface area contributed by atoms with Crippen molar-refractivity contribution in [2.24, 2.45) is 46.3 Å². The van der Waals surface area contributed by atoms with Crippen molar-refractivity contribution < 1.29 is 26.2 Å². The van der Waals surface area contributed by atoms with Crippen molar-refractivity contribution in [3.05, 3.63) is 78.6 Å². The Morgan fingerprint density at radius 1 is 0.766 bits per heavy atom. The molecule has 4 aliphatic rings. The molecule has 0 aromatic carbocycles. The Morgan fingerprint density at radius 2 is 1.43 bits per heavy atom. The van der Waals surface area contributed by atoms with Gasteiger partial charge in [-0.25, -0.2) is 4.98 Å². The average Bonchev–Trinajstić information content (AvgIpc) is 3.43. The van der Waals surface area contributed by atoms with Gasteiger partial charge in [-0.15, -0.1) is 0 Å². The zero-order valence-electron chi connectivity index (χ0n) is 29.4. The van der Waals surface area contributed by atoms with E-state index in [-0.39, 0.29) is 27.2 Å². The standard InChI is InChI=1S/C27H46O.C15H11N3.Pt/c1-18(2)7-6-8-19(3)23-11-12-24-22-10-9-20-17-21(28)13-15-26(20,4)25(22)14-16-27(23,24)5;1-3-10-16-12(6-1)14-8-5-9-15(18-14)13-7-2-4-11-17-13;/h9,18-19,21-25,28H,6-8,10-17H2,1-5H3;1-11H;/t19-,21+,22?,23-,24?,25?,26+,27-;;/m1../s1. The molecule has 7 rings (SSSR count). The Kier molecular flexibility index (Phi) is 12.0. The second kappa shape index (κ2) is 15.6. The van der Waals surface area contributed by atoms with E-state index < -0.39 is 0 Å². The molecule has 4 aliphatic carbocycles. The van der Waals surface area contributed by atoms with Gasteiger partial charge in [-0.2, -0.15) is 0 Å². The van der Waals surface area contributed by atoms with Crippen LogP contribution in [-0.2, 0) is 21.1 Å². The summed E-state index contributed by atoms with van der Waals surface area (Å²) in [4.78, 5) is 13.2. The number of hydrogen-bond donors (Lipinski definition) is 1. The van der Waals surface area contributed by atoms with Crippen molar-refractivity contribution in [1.82, 2.24) is 15.0 Å². The van der Waals surface area contributed by atoms with Crippen LogP contribution in [0.2, 0.25) is 0 Å². The molecule has 5 heteroatoms. The Labute approximate surface area is 299 Å². The normalized spacial score (nSPS) is 31.6. The van der Waals surface area contributed by atoms with Crippen LogP contribution < -0.4 is 0 Å². The van der Waals surface area contributed by atoms with Gasteiger partial charge < -0.3 is 5.11 Å². The number of aliphatic hydroxyl groups excluding tert-OH is 1. The second-order valence-corrected chi connectivity index (χ2v) is 16.0. The molecule has 3 fully saturated rings. The first-order valence-corrected chi connectivity index (χ1v) is 18.4. The topological polar surface area (TPSA) is 58.9 Å². The van der Waals surface area contributed by atoms with Gasteiger partial charge in [0.15, 0.2) is 0 Å². The largest absolute Gasteiger partial charge is 0.393 e. The zero-order valence-corrected chi connectivity index (χ0v) is 31.6. The summed E-state index contributed by atoms with van der Waals surface area (Å²) < 4.78 is 0. The molecule has 256 valence electrons. The maximum Gasteiger partial charge on any atom is 0.0894 e. The van der Waals surface area contributed by atoms with E-state index in [9.17, 15) is 5.11 Å². The molecule has 8 atom stereocenters. The summed E-state index contributed by atoms with van der Waals surface area (Å²) in [6.45, 7) is 12.6. The molecular formula is C42H57N3OPt. The Morgan fingerprint density at radius 3 is 2.04 bits per heavy atom. The number of allylic oxidation sites excluding steroid dienone is 1. The van der Waals surface area contributed by atoms with Crippen molar-refractivity contribution in [3.8, 4) is 22.8 Å². The first kappa shape index (κ1) is 36.1. The van der Waals surface area contributed by atoms with Crippen LogP contribution in [0.25, 0.3) is 22.8 Å². The first-order chi connectivity index (χ1) is 22.2. The molecule has 0 radical (unpaired) electrons. The number of rotatable bonds is 7. The maximum absolute atomic E-state index is 10.2. The summed E-state index contributed by atoms with van der Waals surface area (Å²) in [5.41, 5.74) is 6.06. The van der Waals surface area contributed by atoms with Gasteiger partial charge in [0.25, 0.3) is 0 Å². The van der Waals surface area contributed by atoms with Gasteiger partial charge in [-0.1, -0.05) is 83.7 Å². The molecular weight excluding hydrogens is 758 g/mol. The first-order valence-electron chi connectivity index (χ1n) is 18.4. The number of aliphatic hydroxyl groups is 1. The fraction of sp³-hybridized carbons (Fsp3) is 0.595. The van der Waals surface area contributed by atoms with Crippen LogP contribution in [0.1, 0.15) is 105 Å². The van der Waals surface area contributed by atoms with Crippen LogP contribution in [0.5, 0.6) is 0 Å². The number of hydrogen-bond acceptors (Lipinski definition) is 4. The van der Waals surface area contributed by atoms with Crippen LogP contribution >= 0.6 is 0 Å². The van der Waals surface area contributed by atoms with Crippen molar-refractivity contribution >= 4 is 0 Å². The summed E-state index contributed by atoms with van der Waals surface area (Å²) in [5, 5.41) is 10.2. The molecule has 0 saturated heterocycles. The third kappa shape index (κ3) is 7.70. The molecule has 47 heavy (non-hydrogen) atoms. The van der Waals surface area contributed by atoms with E-state index in [1.54, 1.807) is 18.0 Å². The van der Waals surface area contributed by atoms with Gasteiger partial charge in [0.05, 0.1) is 28.9 Å². The third-order valence-corrected chi connectivity index (χ3v) is 12.9. The number of nitrogens with zero attached hydrogens (tertiary/aromatic N) is 3. The predicted octanol–water partition coefficient (Wildman–Crippen LogP) is 10.6. The number of pyridine rings is 3. The molecule has 3 heterocycles. The van der Waals surface area contributed by atoms with Gasteiger partial charge in [0.1, 0.15) is 0 Å². The molecule has 1 N–H and O–H groups in total. The molecule has 3 aromatic heterocycles. The minimum Gasteiger partial charge on any atom is -0.393 e. The summed E-state index contributed by atoms with van der Waals surface area (Å²) in [6.07, 6.45) is 20.7. The molecule has 4 nitrogen and oxygen atoms in total. The SMILES string of the molecule is CC(C)CCC[C@@H](C)[C@H]1CCC2C3CC=C4C[C@@H](O)CC[C@]4(C)C3CC[C@@]21C.[Pt].c1ccc(-c2cccc(-c3ccccn3)n2)nc1. The van der Waals surface area contributed by atoms with Crippen molar-refractivity contribution in [2.75, 3.05) is 0 Å². The Hall–Kier alpha value is -2.16. The monoisotopic (exact) mass is 814 g/mol. The molecule has 3 aromatic rings. The Balaban J connectivity index is 0.000000197. The van der Waals surface area contributed by atoms with Crippen LogP contribution in [0.3, 0.4) is 0 Å². The minimum absolute atomic E-state index is 0. The van der Waals surface area contributed by atoms with E-state index >= 15 is 0 Å². The summed E-state index contributed by atoms with van der Waals surface area (Å²) in [6, 6.07) is 17.5. The molecule has 0 amide bonds. The van der Waals surface area contributed by atoms with Crippen LogP contribution in [-0.4, -0.2) is 26.2 Å². The van der Waals surface area contributed by atoms with E-state index in [1.165, 1.54) is 57.8 Å². The molecule has 0 bridgehead atoms. The van der Waals surface area contributed by atoms with Crippen LogP contribution in [0, 0.1) is 46.3 Å². The fourth-order valence-electron chi connectivity index (χ4n) is 10.4. The maximum atomic E-state index is 10.2. The third-order valence-electron chi connectivity index (χ3n) is 12.9.